The van der Waals surface area contributed by atoms with Crippen molar-refractivity contribution in [1.82, 2.24) is 9.78 Å². The highest BCUT2D eigenvalue weighted by molar-refractivity contribution is 5.37. The van der Waals surface area contributed by atoms with E-state index in [4.69, 9.17) is 0 Å². The van der Waals surface area contributed by atoms with Gasteiger partial charge in [0.1, 0.15) is 5.82 Å². The van der Waals surface area contributed by atoms with Gasteiger partial charge in [0.2, 0.25) is 0 Å². The van der Waals surface area contributed by atoms with E-state index in [0.29, 0.717) is 5.92 Å². The molecule has 1 heterocycles. The maximum absolute atomic E-state index is 4.34. The second kappa shape index (κ2) is 5.91. The molecule has 2 rings (SSSR count). The van der Waals surface area contributed by atoms with Crippen LogP contribution in [0.25, 0.3) is 0 Å². The molecule has 1 atom stereocenters. The van der Waals surface area contributed by atoms with Crippen LogP contribution in [0, 0.1) is 5.92 Å². The summed E-state index contributed by atoms with van der Waals surface area (Å²) < 4.78 is 1.81. The van der Waals surface area contributed by atoms with Crippen LogP contribution in [0.5, 0.6) is 0 Å². The molecule has 1 aromatic heterocycles. The molecule has 0 aliphatic rings. The van der Waals surface area contributed by atoms with Gasteiger partial charge in [-0.2, -0.15) is 5.10 Å². The third-order valence-electron chi connectivity index (χ3n) is 3.20. The van der Waals surface area contributed by atoms with Crippen molar-refractivity contribution < 1.29 is 0 Å². The maximum Gasteiger partial charge on any atom is 0.148 e. The molecule has 0 aliphatic heterocycles. The first-order chi connectivity index (χ1) is 9.04. The first-order valence-electron chi connectivity index (χ1n) is 6.89. The van der Waals surface area contributed by atoms with E-state index in [-0.39, 0.29) is 6.04 Å². The summed E-state index contributed by atoms with van der Waals surface area (Å²) >= 11 is 0. The van der Waals surface area contributed by atoms with E-state index in [9.17, 15) is 0 Å². The number of nitrogens with one attached hydrogen (secondary N) is 1. The van der Waals surface area contributed by atoms with Crippen molar-refractivity contribution in [2.24, 2.45) is 13.0 Å². The minimum Gasteiger partial charge on any atom is -0.362 e. The lowest BCUT2D eigenvalue weighted by Crippen LogP contribution is -2.07. The third kappa shape index (κ3) is 3.85. The second-order valence-corrected chi connectivity index (χ2v) is 5.58. The van der Waals surface area contributed by atoms with Gasteiger partial charge in [0.15, 0.2) is 0 Å². The zero-order chi connectivity index (χ0) is 13.8. The van der Waals surface area contributed by atoms with Gasteiger partial charge in [0, 0.05) is 25.4 Å². The molecule has 3 heteroatoms. The van der Waals surface area contributed by atoms with Crippen LogP contribution in [0.1, 0.15) is 37.9 Å². The highest BCUT2D eigenvalue weighted by atomic mass is 15.3. The van der Waals surface area contributed by atoms with Gasteiger partial charge < -0.3 is 5.32 Å². The monoisotopic (exact) mass is 257 g/mol. The molecular formula is C16H23N3. The molecule has 102 valence electrons. The summed E-state index contributed by atoms with van der Waals surface area (Å²) in [6.45, 7) is 6.66. The molecule has 1 unspecified atom stereocenters. The minimum atomic E-state index is 0.267. The van der Waals surface area contributed by atoms with Crippen LogP contribution in [0.3, 0.4) is 0 Å². The second-order valence-electron chi connectivity index (χ2n) is 5.58. The van der Waals surface area contributed by atoms with E-state index in [1.165, 1.54) is 11.1 Å². The highest BCUT2D eigenvalue weighted by Crippen LogP contribution is 2.19. The Kier molecular flexibility index (Phi) is 4.25. The predicted octanol–water partition coefficient (Wildman–Crippen LogP) is 3.79. The first-order valence-corrected chi connectivity index (χ1v) is 6.89. The Hall–Kier alpha value is -1.77. The van der Waals surface area contributed by atoms with E-state index in [1.807, 2.05) is 19.3 Å². The normalized spacial score (nSPS) is 12.7. The van der Waals surface area contributed by atoms with Gasteiger partial charge in [-0.1, -0.05) is 38.1 Å². The molecule has 0 saturated carbocycles. The van der Waals surface area contributed by atoms with Crippen molar-refractivity contribution in [3.05, 3.63) is 47.7 Å². The fourth-order valence-corrected chi connectivity index (χ4v) is 2.21. The van der Waals surface area contributed by atoms with E-state index >= 15 is 0 Å². The average molecular weight is 257 g/mol. The number of anilines is 1. The molecule has 0 spiro atoms. The molecule has 0 bridgehead atoms. The number of rotatable bonds is 5. The topological polar surface area (TPSA) is 29.9 Å². The molecule has 1 aromatic carbocycles. The number of aromatic nitrogens is 2. The van der Waals surface area contributed by atoms with Crippen LogP contribution < -0.4 is 5.32 Å². The number of nitrogens with zero attached hydrogens (tertiary/aromatic N) is 2. The molecule has 0 fully saturated rings. The molecule has 0 aliphatic carbocycles. The largest absolute Gasteiger partial charge is 0.362 e. The molecule has 2 aromatic rings. The van der Waals surface area contributed by atoms with Crippen LogP contribution in [-0.2, 0) is 13.5 Å². The van der Waals surface area contributed by atoms with Crippen LogP contribution in [0.2, 0.25) is 0 Å². The minimum absolute atomic E-state index is 0.267. The zero-order valence-electron chi connectivity index (χ0n) is 12.2. The van der Waals surface area contributed by atoms with Crippen molar-refractivity contribution in [3.8, 4) is 0 Å². The Morgan fingerprint density at radius 3 is 2.32 bits per heavy atom. The fourth-order valence-electron chi connectivity index (χ4n) is 2.21. The molecule has 19 heavy (non-hydrogen) atoms. The molecule has 1 N–H and O–H groups in total. The van der Waals surface area contributed by atoms with Gasteiger partial charge in [-0.15, -0.1) is 0 Å². The van der Waals surface area contributed by atoms with E-state index in [2.05, 4.69) is 55.5 Å². The van der Waals surface area contributed by atoms with Gasteiger partial charge in [0.25, 0.3) is 0 Å². The van der Waals surface area contributed by atoms with Crippen molar-refractivity contribution in [1.29, 1.82) is 0 Å². The smallest absolute Gasteiger partial charge is 0.148 e. The summed E-state index contributed by atoms with van der Waals surface area (Å²) in [6.07, 6.45) is 3.09. The third-order valence-corrected chi connectivity index (χ3v) is 3.20. The van der Waals surface area contributed by atoms with E-state index < -0.39 is 0 Å². The van der Waals surface area contributed by atoms with Crippen LogP contribution in [0.4, 0.5) is 5.82 Å². The molecule has 0 saturated heterocycles. The Bertz CT molecular complexity index is 511. The average Bonchev–Trinajstić information content (AvgIpc) is 2.75. The van der Waals surface area contributed by atoms with Crippen molar-refractivity contribution in [2.45, 2.75) is 33.2 Å². The van der Waals surface area contributed by atoms with Crippen LogP contribution in [0.15, 0.2) is 36.5 Å². The van der Waals surface area contributed by atoms with Crippen molar-refractivity contribution in [2.75, 3.05) is 5.32 Å². The van der Waals surface area contributed by atoms with E-state index in [1.54, 1.807) is 4.68 Å². The van der Waals surface area contributed by atoms with Gasteiger partial charge in [-0.25, -0.2) is 0 Å². The van der Waals surface area contributed by atoms with Gasteiger partial charge in [-0.05, 0) is 30.4 Å². The van der Waals surface area contributed by atoms with Crippen molar-refractivity contribution in [3.63, 3.8) is 0 Å². The lowest BCUT2D eigenvalue weighted by Gasteiger charge is -2.14. The molecule has 0 radical (unpaired) electrons. The van der Waals surface area contributed by atoms with Gasteiger partial charge >= 0.3 is 0 Å². The number of aryl methyl sites for hydroxylation is 1. The maximum atomic E-state index is 4.34. The van der Waals surface area contributed by atoms with Crippen molar-refractivity contribution >= 4 is 5.82 Å². The number of hydrogen-bond acceptors (Lipinski definition) is 2. The fraction of sp³-hybridized carbons (Fsp3) is 0.438. The summed E-state index contributed by atoms with van der Waals surface area (Å²) in [5.41, 5.74) is 2.70. The standard InChI is InChI=1S/C16H23N3/c1-12(2)11-14-5-7-15(8-6-14)13(3)17-16-9-10-19(4)18-16/h5-10,12-13H,11H2,1-4H3,(H,17,18). The summed E-state index contributed by atoms with van der Waals surface area (Å²) in [7, 11) is 1.93. The Labute approximate surface area is 115 Å². The SMILES string of the molecule is CC(C)Cc1ccc(C(C)Nc2ccn(C)n2)cc1. The lowest BCUT2D eigenvalue weighted by molar-refractivity contribution is 0.647. The molecule has 0 amide bonds. The Morgan fingerprint density at radius 1 is 1.11 bits per heavy atom. The zero-order valence-corrected chi connectivity index (χ0v) is 12.2. The van der Waals surface area contributed by atoms with Crippen LogP contribution >= 0.6 is 0 Å². The first kappa shape index (κ1) is 13.7. The Balaban J connectivity index is 2.01. The summed E-state index contributed by atoms with van der Waals surface area (Å²) in [6, 6.07) is 11.1. The summed E-state index contributed by atoms with van der Waals surface area (Å²) in [5, 5.41) is 7.75. The highest BCUT2D eigenvalue weighted by Gasteiger charge is 2.07. The van der Waals surface area contributed by atoms with Crippen LogP contribution in [-0.4, -0.2) is 9.78 Å². The molecular weight excluding hydrogens is 234 g/mol. The summed E-state index contributed by atoms with van der Waals surface area (Å²) in [5.74, 6) is 1.62. The predicted molar refractivity (Wildman–Crippen MR) is 80.2 cm³/mol. The lowest BCUT2D eigenvalue weighted by atomic mass is 10.00. The molecule has 3 nitrogen and oxygen atoms in total. The number of hydrogen-bond donors (Lipinski definition) is 1. The van der Waals surface area contributed by atoms with Gasteiger partial charge in [0.05, 0.1) is 0 Å². The quantitative estimate of drug-likeness (QED) is 0.883. The number of benzene rings is 1. The summed E-state index contributed by atoms with van der Waals surface area (Å²) in [4.78, 5) is 0. The van der Waals surface area contributed by atoms with E-state index in [0.717, 1.165) is 12.2 Å². The van der Waals surface area contributed by atoms with Gasteiger partial charge in [-0.3, -0.25) is 4.68 Å². The Morgan fingerprint density at radius 2 is 1.79 bits per heavy atom.